The van der Waals surface area contributed by atoms with Crippen molar-refractivity contribution in [3.63, 3.8) is 0 Å². The summed E-state index contributed by atoms with van der Waals surface area (Å²) in [5.74, 6) is -0.146. The second-order valence-electron chi connectivity index (χ2n) is 8.33. The Morgan fingerprint density at radius 3 is 2.11 bits per heavy atom. The predicted octanol–water partition coefficient (Wildman–Crippen LogP) is 4.26. The highest BCUT2D eigenvalue weighted by molar-refractivity contribution is 5.88. The fourth-order valence-corrected chi connectivity index (χ4v) is 3.13. The molecular weight excluding hydrogens is 348 g/mol. The first-order chi connectivity index (χ1) is 13.2. The van der Waals surface area contributed by atoms with Gasteiger partial charge in [-0.25, -0.2) is 0 Å². The minimum absolute atomic E-state index is 0.0383. The molecule has 0 aromatic heterocycles. The molecule has 4 heteroatoms. The molecular formula is C24H32N2O2. The van der Waals surface area contributed by atoms with Crippen molar-refractivity contribution in [2.75, 3.05) is 0 Å². The summed E-state index contributed by atoms with van der Waals surface area (Å²) in [4.78, 5) is 27.9. The Morgan fingerprint density at radius 2 is 1.57 bits per heavy atom. The van der Waals surface area contributed by atoms with Gasteiger partial charge in [0.25, 0.3) is 0 Å². The van der Waals surface area contributed by atoms with Gasteiger partial charge >= 0.3 is 0 Å². The lowest BCUT2D eigenvalue weighted by Crippen LogP contribution is -2.53. The lowest BCUT2D eigenvalue weighted by molar-refractivity contribution is -0.141. The van der Waals surface area contributed by atoms with Gasteiger partial charge in [-0.05, 0) is 45.2 Å². The summed E-state index contributed by atoms with van der Waals surface area (Å²) in [6.45, 7) is 10.2. The van der Waals surface area contributed by atoms with Crippen molar-refractivity contribution in [3.05, 3.63) is 71.3 Å². The van der Waals surface area contributed by atoms with Crippen molar-refractivity contribution < 1.29 is 9.59 Å². The summed E-state index contributed by atoms with van der Waals surface area (Å²) >= 11 is 0. The summed E-state index contributed by atoms with van der Waals surface area (Å²) in [5, 5.41) is 3.03. The van der Waals surface area contributed by atoms with E-state index in [1.165, 1.54) is 0 Å². The van der Waals surface area contributed by atoms with Crippen molar-refractivity contribution in [1.82, 2.24) is 10.2 Å². The number of carbonyl (C=O) groups excluding carboxylic acids is 2. The smallest absolute Gasteiger partial charge is 0.243 e. The molecule has 0 bridgehead atoms. The van der Waals surface area contributed by atoms with Gasteiger partial charge in [-0.1, -0.05) is 67.1 Å². The minimum atomic E-state index is -0.502. The zero-order valence-corrected chi connectivity index (χ0v) is 17.7. The fourth-order valence-electron chi connectivity index (χ4n) is 3.13. The van der Waals surface area contributed by atoms with Crippen LogP contribution in [0, 0.1) is 6.92 Å². The molecule has 1 unspecified atom stereocenters. The van der Waals surface area contributed by atoms with E-state index < -0.39 is 6.04 Å². The first-order valence-electron chi connectivity index (χ1n) is 9.90. The van der Waals surface area contributed by atoms with Crippen LogP contribution in [0.1, 0.15) is 50.8 Å². The summed E-state index contributed by atoms with van der Waals surface area (Å²) in [7, 11) is 0. The zero-order chi connectivity index (χ0) is 20.7. The molecule has 0 aliphatic heterocycles. The third-order valence-electron chi connectivity index (χ3n) is 4.56. The molecule has 0 fully saturated rings. The van der Waals surface area contributed by atoms with E-state index in [0.717, 1.165) is 16.7 Å². The molecule has 0 spiro atoms. The first kappa shape index (κ1) is 21.7. The maximum absolute atomic E-state index is 13.2. The van der Waals surface area contributed by atoms with Crippen LogP contribution in [0.25, 0.3) is 0 Å². The molecule has 0 aliphatic rings. The van der Waals surface area contributed by atoms with Gasteiger partial charge in [0.2, 0.25) is 11.8 Å². The van der Waals surface area contributed by atoms with Crippen LogP contribution in [0.5, 0.6) is 0 Å². The molecule has 0 heterocycles. The molecule has 1 atom stereocenters. The minimum Gasteiger partial charge on any atom is -0.350 e. The van der Waals surface area contributed by atoms with Crippen LogP contribution >= 0.6 is 0 Å². The topological polar surface area (TPSA) is 49.4 Å². The van der Waals surface area contributed by atoms with E-state index in [4.69, 9.17) is 0 Å². The molecule has 150 valence electrons. The van der Waals surface area contributed by atoms with Gasteiger partial charge in [0.1, 0.15) is 6.04 Å². The standard InChI is InChI=1S/C24H32N2O2/c1-6-21(23(28)25-24(3,4)5)26(17-20-10-8-7-9-11-20)22(27)16-19-14-12-18(2)13-15-19/h7-15,21H,6,16-17H2,1-5H3,(H,25,28). The highest BCUT2D eigenvalue weighted by Gasteiger charge is 2.30. The van der Waals surface area contributed by atoms with E-state index >= 15 is 0 Å². The second kappa shape index (κ2) is 9.54. The maximum Gasteiger partial charge on any atom is 0.243 e. The average Bonchev–Trinajstić information content (AvgIpc) is 2.63. The summed E-state index contributed by atoms with van der Waals surface area (Å²) in [5.41, 5.74) is 2.79. The molecule has 2 amide bonds. The lowest BCUT2D eigenvalue weighted by Gasteiger charge is -2.33. The van der Waals surface area contributed by atoms with E-state index in [1.54, 1.807) is 4.90 Å². The molecule has 2 aromatic rings. The number of benzene rings is 2. The fraction of sp³-hybridized carbons (Fsp3) is 0.417. The second-order valence-corrected chi connectivity index (χ2v) is 8.33. The Balaban J connectivity index is 2.27. The van der Waals surface area contributed by atoms with Gasteiger partial charge < -0.3 is 10.2 Å². The number of rotatable bonds is 7. The molecule has 0 saturated heterocycles. The third kappa shape index (κ3) is 6.52. The van der Waals surface area contributed by atoms with Crippen LogP contribution in [0.3, 0.4) is 0 Å². The zero-order valence-electron chi connectivity index (χ0n) is 17.7. The predicted molar refractivity (Wildman–Crippen MR) is 114 cm³/mol. The molecule has 1 N–H and O–H groups in total. The lowest BCUT2D eigenvalue weighted by atomic mass is 10.0. The van der Waals surface area contributed by atoms with Crippen LogP contribution in [-0.4, -0.2) is 28.3 Å². The van der Waals surface area contributed by atoms with Crippen LogP contribution in [0.15, 0.2) is 54.6 Å². The largest absolute Gasteiger partial charge is 0.350 e. The number of carbonyl (C=O) groups is 2. The van der Waals surface area contributed by atoms with E-state index in [-0.39, 0.29) is 23.8 Å². The summed E-state index contributed by atoms with van der Waals surface area (Å²) in [6, 6.07) is 17.3. The molecule has 0 saturated carbocycles. The highest BCUT2D eigenvalue weighted by Crippen LogP contribution is 2.16. The van der Waals surface area contributed by atoms with Gasteiger partial charge in [-0.3, -0.25) is 9.59 Å². The Morgan fingerprint density at radius 1 is 0.964 bits per heavy atom. The van der Waals surface area contributed by atoms with Crippen molar-refractivity contribution >= 4 is 11.8 Å². The van der Waals surface area contributed by atoms with Gasteiger partial charge in [-0.15, -0.1) is 0 Å². The molecule has 2 aromatic carbocycles. The highest BCUT2D eigenvalue weighted by atomic mass is 16.2. The third-order valence-corrected chi connectivity index (χ3v) is 4.56. The Bertz CT molecular complexity index is 777. The van der Waals surface area contributed by atoms with Crippen molar-refractivity contribution in [3.8, 4) is 0 Å². The van der Waals surface area contributed by atoms with Crippen molar-refractivity contribution in [2.24, 2.45) is 0 Å². The molecule has 0 radical (unpaired) electrons. The number of amides is 2. The Labute approximate surface area is 169 Å². The van der Waals surface area contributed by atoms with Gasteiger partial charge in [-0.2, -0.15) is 0 Å². The van der Waals surface area contributed by atoms with E-state index in [9.17, 15) is 9.59 Å². The van der Waals surface area contributed by atoms with Crippen molar-refractivity contribution in [1.29, 1.82) is 0 Å². The first-order valence-corrected chi connectivity index (χ1v) is 9.90. The normalized spacial score (nSPS) is 12.3. The number of nitrogens with one attached hydrogen (secondary N) is 1. The monoisotopic (exact) mass is 380 g/mol. The van der Waals surface area contributed by atoms with Gasteiger partial charge in [0, 0.05) is 12.1 Å². The summed E-state index contributed by atoms with van der Waals surface area (Å²) in [6.07, 6.45) is 0.848. The quantitative estimate of drug-likeness (QED) is 0.780. The Hall–Kier alpha value is -2.62. The van der Waals surface area contributed by atoms with Crippen molar-refractivity contribution in [2.45, 2.75) is 65.6 Å². The van der Waals surface area contributed by atoms with Crippen LogP contribution in [0.4, 0.5) is 0 Å². The maximum atomic E-state index is 13.2. The molecule has 28 heavy (non-hydrogen) atoms. The SMILES string of the molecule is CCC(C(=O)NC(C)(C)C)N(Cc1ccccc1)C(=O)Cc1ccc(C)cc1. The number of aryl methyl sites for hydroxylation is 1. The van der Waals surface area contributed by atoms with Crippen LogP contribution < -0.4 is 5.32 Å². The molecule has 2 rings (SSSR count). The van der Waals surface area contributed by atoms with Gasteiger partial charge in [0.05, 0.1) is 6.42 Å². The van der Waals surface area contributed by atoms with E-state index in [1.807, 2.05) is 89.2 Å². The van der Waals surface area contributed by atoms with E-state index in [2.05, 4.69) is 5.32 Å². The van der Waals surface area contributed by atoms with E-state index in [0.29, 0.717) is 13.0 Å². The number of hydrogen-bond donors (Lipinski definition) is 1. The van der Waals surface area contributed by atoms with Gasteiger partial charge in [0.15, 0.2) is 0 Å². The van der Waals surface area contributed by atoms with Crippen LogP contribution in [0.2, 0.25) is 0 Å². The summed E-state index contributed by atoms with van der Waals surface area (Å²) < 4.78 is 0. The average molecular weight is 381 g/mol. The molecule has 4 nitrogen and oxygen atoms in total. The molecule has 0 aliphatic carbocycles. The van der Waals surface area contributed by atoms with Crippen LogP contribution in [-0.2, 0) is 22.6 Å². The number of hydrogen-bond acceptors (Lipinski definition) is 2. The Kier molecular flexibility index (Phi) is 7.38. The number of nitrogens with zero attached hydrogens (tertiary/aromatic N) is 1.